The van der Waals surface area contributed by atoms with Gasteiger partial charge >= 0.3 is 0 Å². The Labute approximate surface area is 161 Å². The van der Waals surface area contributed by atoms with Crippen LogP contribution in [-0.4, -0.2) is 29.8 Å². The van der Waals surface area contributed by atoms with E-state index in [0.717, 1.165) is 39.7 Å². The largest absolute Gasteiger partial charge is 0.366 e. The Bertz CT molecular complexity index is 1130. The van der Waals surface area contributed by atoms with Crippen molar-refractivity contribution in [3.8, 4) is 10.4 Å². The number of primary amides is 1. The Morgan fingerprint density at radius 1 is 1.19 bits per heavy atom. The summed E-state index contributed by atoms with van der Waals surface area (Å²) in [6, 6.07) is 7.95. The van der Waals surface area contributed by atoms with E-state index in [4.69, 9.17) is 5.73 Å². The van der Waals surface area contributed by atoms with Crippen LogP contribution in [0.2, 0.25) is 0 Å². The summed E-state index contributed by atoms with van der Waals surface area (Å²) in [5.74, 6) is -0.266. The van der Waals surface area contributed by atoms with Crippen molar-refractivity contribution in [3.05, 3.63) is 47.0 Å². The fourth-order valence-electron chi connectivity index (χ4n) is 4.83. The number of nitrogens with one attached hydrogen (secondary N) is 1. The Hall–Kier alpha value is -2.12. The van der Waals surface area contributed by atoms with E-state index in [1.54, 1.807) is 11.3 Å². The van der Waals surface area contributed by atoms with Crippen molar-refractivity contribution in [3.63, 3.8) is 0 Å². The molecule has 1 amide bonds. The van der Waals surface area contributed by atoms with E-state index in [1.165, 1.54) is 0 Å². The Balaban J connectivity index is 1.65. The predicted octanol–water partition coefficient (Wildman–Crippen LogP) is 3.82. The van der Waals surface area contributed by atoms with Gasteiger partial charge in [-0.1, -0.05) is 6.07 Å². The van der Waals surface area contributed by atoms with Crippen LogP contribution in [-0.2, 0) is 9.84 Å². The molecule has 0 spiro atoms. The number of thiophene rings is 1. The summed E-state index contributed by atoms with van der Waals surface area (Å²) in [6.45, 7) is 0. The van der Waals surface area contributed by atoms with Gasteiger partial charge in [0.1, 0.15) is 0 Å². The van der Waals surface area contributed by atoms with Gasteiger partial charge in [0.25, 0.3) is 5.91 Å². The summed E-state index contributed by atoms with van der Waals surface area (Å²) < 4.78 is 24.9. The van der Waals surface area contributed by atoms with E-state index in [-0.39, 0.29) is 16.4 Å². The van der Waals surface area contributed by atoms with Crippen LogP contribution in [0.15, 0.2) is 35.8 Å². The Kier molecular flexibility index (Phi) is 3.74. The third-order valence-electron chi connectivity index (χ3n) is 6.17. The van der Waals surface area contributed by atoms with Gasteiger partial charge in [0.2, 0.25) is 0 Å². The molecule has 0 unspecified atom stereocenters. The molecule has 5 nitrogen and oxygen atoms in total. The van der Waals surface area contributed by atoms with Crippen LogP contribution < -0.4 is 5.73 Å². The summed E-state index contributed by atoms with van der Waals surface area (Å²) in [5.41, 5.74) is 8.95. The summed E-state index contributed by atoms with van der Waals surface area (Å²) in [5, 5.41) is 2.55. The number of rotatable bonds is 3. The molecule has 2 aromatic heterocycles. The lowest BCUT2D eigenvalue weighted by molar-refractivity contribution is 0.100. The van der Waals surface area contributed by atoms with Crippen LogP contribution in [0.5, 0.6) is 0 Å². The zero-order valence-corrected chi connectivity index (χ0v) is 16.3. The van der Waals surface area contributed by atoms with Crippen molar-refractivity contribution in [2.45, 2.75) is 42.1 Å². The smallest absolute Gasteiger partial charge is 0.250 e. The van der Waals surface area contributed by atoms with E-state index in [0.29, 0.717) is 18.4 Å². The second-order valence-corrected chi connectivity index (χ2v) is 11.1. The van der Waals surface area contributed by atoms with E-state index in [1.807, 2.05) is 29.8 Å². The van der Waals surface area contributed by atoms with Gasteiger partial charge in [-0.3, -0.25) is 4.79 Å². The second kappa shape index (κ2) is 5.94. The molecule has 140 valence electrons. The van der Waals surface area contributed by atoms with Gasteiger partial charge < -0.3 is 10.7 Å². The number of aromatic nitrogens is 1. The lowest BCUT2D eigenvalue weighted by atomic mass is 9.89. The van der Waals surface area contributed by atoms with Crippen molar-refractivity contribution in [2.75, 3.05) is 0 Å². The highest BCUT2D eigenvalue weighted by molar-refractivity contribution is 7.93. The average molecular weight is 401 g/mol. The molecule has 5 rings (SSSR count). The number of hydrogen-bond acceptors (Lipinski definition) is 4. The van der Waals surface area contributed by atoms with Crippen LogP contribution in [0.4, 0.5) is 0 Å². The molecule has 0 saturated carbocycles. The molecule has 0 radical (unpaired) electrons. The molecule has 2 aliphatic rings. The molecule has 27 heavy (non-hydrogen) atoms. The maximum atomic E-state index is 12.4. The van der Waals surface area contributed by atoms with Crippen LogP contribution in [0.1, 0.15) is 47.5 Å². The quantitative estimate of drug-likeness (QED) is 0.700. The van der Waals surface area contributed by atoms with E-state index >= 15 is 0 Å². The summed E-state index contributed by atoms with van der Waals surface area (Å²) in [6.07, 6.45) is 4.83. The number of benzene rings is 1. The Morgan fingerprint density at radius 2 is 1.93 bits per heavy atom. The molecule has 0 aliphatic carbocycles. The lowest BCUT2D eigenvalue weighted by Gasteiger charge is -2.27. The van der Waals surface area contributed by atoms with E-state index in [9.17, 15) is 13.2 Å². The van der Waals surface area contributed by atoms with Crippen LogP contribution in [0.3, 0.4) is 0 Å². The first-order valence-corrected chi connectivity index (χ1v) is 11.7. The van der Waals surface area contributed by atoms with Crippen molar-refractivity contribution >= 4 is 38.0 Å². The minimum Gasteiger partial charge on any atom is -0.366 e. The maximum absolute atomic E-state index is 12.4. The number of aromatic amines is 1. The number of sulfone groups is 1. The fourth-order valence-corrected chi connectivity index (χ4v) is 8.02. The molecule has 2 aliphatic heterocycles. The summed E-state index contributed by atoms with van der Waals surface area (Å²) in [4.78, 5) is 16.4. The minimum atomic E-state index is -2.95. The van der Waals surface area contributed by atoms with E-state index < -0.39 is 15.7 Å². The average Bonchev–Trinajstić information content (AvgIpc) is 3.31. The molecule has 1 aromatic carbocycles. The molecule has 7 heteroatoms. The standard InChI is InChI=1S/C20H20N2O3S2/c21-20(23)16-9-12(18-2-1-5-26-18)8-15-17(10-22-19(15)16)11-6-13-3-4-14(7-11)27(13,24)25/h1-2,5,8-11,13-14,22H,3-4,6-7H2,(H2,21,23)/t11-,13+,14-. The van der Waals surface area contributed by atoms with Gasteiger partial charge in [-0.2, -0.15) is 0 Å². The highest BCUT2D eigenvalue weighted by Crippen LogP contribution is 2.47. The zero-order chi connectivity index (χ0) is 18.8. The predicted molar refractivity (Wildman–Crippen MR) is 108 cm³/mol. The number of carbonyl (C=O) groups is 1. The molecule has 3 aromatic rings. The normalized spacial score (nSPS) is 26.4. The van der Waals surface area contributed by atoms with Gasteiger partial charge in [0.05, 0.1) is 21.6 Å². The summed E-state index contributed by atoms with van der Waals surface area (Å²) >= 11 is 1.62. The first kappa shape index (κ1) is 17.0. The van der Waals surface area contributed by atoms with Crippen molar-refractivity contribution in [1.29, 1.82) is 0 Å². The molecule has 3 atom stereocenters. The molecule has 2 saturated heterocycles. The molecular weight excluding hydrogens is 380 g/mol. The number of hydrogen-bond donors (Lipinski definition) is 2. The third kappa shape index (κ3) is 2.56. The van der Waals surface area contributed by atoms with Crippen LogP contribution in [0.25, 0.3) is 21.3 Å². The molecular formula is C20H20N2O3S2. The first-order valence-electron chi connectivity index (χ1n) is 9.16. The van der Waals surface area contributed by atoms with Gasteiger partial charge in [0, 0.05) is 16.5 Å². The number of nitrogens with two attached hydrogens (primary N) is 1. The molecule has 2 fully saturated rings. The highest BCUT2D eigenvalue weighted by Gasteiger charge is 2.47. The van der Waals surface area contributed by atoms with Gasteiger partial charge in [-0.25, -0.2) is 8.42 Å². The fraction of sp³-hybridized carbons (Fsp3) is 0.350. The minimum absolute atomic E-state index is 0.194. The lowest BCUT2D eigenvalue weighted by Crippen LogP contribution is -2.31. The highest BCUT2D eigenvalue weighted by atomic mass is 32.2. The zero-order valence-electron chi connectivity index (χ0n) is 14.6. The van der Waals surface area contributed by atoms with Crippen molar-refractivity contribution in [2.24, 2.45) is 5.73 Å². The van der Waals surface area contributed by atoms with Crippen LogP contribution >= 0.6 is 11.3 Å². The van der Waals surface area contributed by atoms with Crippen LogP contribution in [0, 0.1) is 0 Å². The summed E-state index contributed by atoms with van der Waals surface area (Å²) in [7, 11) is -2.95. The van der Waals surface area contributed by atoms with E-state index in [2.05, 4.69) is 11.1 Å². The van der Waals surface area contributed by atoms with Gasteiger partial charge in [-0.05, 0) is 66.3 Å². The second-order valence-electron chi connectivity index (χ2n) is 7.61. The maximum Gasteiger partial charge on any atom is 0.250 e. The third-order valence-corrected chi connectivity index (χ3v) is 9.80. The van der Waals surface area contributed by atoms with Crippen molar-refractivity contribution < 1.29 is 13.2 Å². The number of carbonyl (C=O) groups excluding carboxylic acids is 1. The number of fused-ring (bicyclic) bond motifs is 3. The molecule has 3 N–H and O–H groups in total. The van der Waals surface area contributed by atoms with Crippen molar-refractivity contribution in [1.82, 2.24) is 4.98 Å². The van der Waals surface area contributed by atoms with Gasteiger partial charge in [-0.15, -0.1) is 11.3 Å². The van der Waals surface area contributed by atoms with Gasteiger partial charge in [0.15, 0.2) is 9.84 Å². The number of amides is 1. The SMILES string of the molecule is NC(=O)c1cc(-c2cccs2)cc2c([C@H]3C[C@H]4CC[C@@H](C3)S4(=O)=O)c[nH]c12. The number of H-pyrrole nitrogens is 1. The molecule has 4 heterocycles. The molecule has 2 bridgehead atoms. The monoisotopic (exact) mass is 400 g/mol. The Morgan fingerprint density at radius 3 is 2.56 bits per heavy atom. The topological polar surface area (TPSA) is 93.0 Å². The first-order chi connectivity index (χ1) is 12.9.